The summed E-state index contributed by atoms with van der Waals surface area (Å²) in [4.78, 5) is 0. The summed E-state index contributed by atoms with van der Waals surface area (Å²) in [5.74, 6) is 0.223. The number of aliphatic hydroxyl groups is 1. The molecule has 0 aliphatic heterocycles. The van der Waals surface area contributed by atoms with Gasteiger partial charge in [0.15, 0.2) is 0 Å². The first-order chi connectivity index (χ1) is 4.70. The van der Waals surface area contributed by atoms with Crippen molar-refractivity contribution in [3.05, 3.63) is 29.8 Å². The van der Waals surface area contributed by atoms with Crippen LogP contribution in [0.15, 0.2) is 24.3 Å². The van der Waals surface area contributed by atoms with Crippen LogP contribution >= 0.6 is 22.6 Å². The molecule has 0 spiro atoms. The van der Waals surface area contributed by atoms with Gasteiger partial charge >= 0.3 is 0 Å². The minimum atomic E-state index is -0.488. The first-order valence-electron chi connectivity index (χ1n) is 2.81. The van der Waals surface area contributed by atoms with Crippen LogP contribution in [0.1, 0.15) is 9.67 Å². The van der Waals surface area contributed by atoms with Gasteiger partial charge in [0, 0.05) is 0 Å². The molecular weight excluding hydrogens is 243 g/mol. The highest BCUT2D eigenvalue weighted by molar-refractivity contribution is 14.1. The van der Waals surface area contributed by atoms with Gasteiger partial charge in [-0.15, -0.1) is 0 Å². The molecular formula is C7H7IO2. The molecule has 0 bridgehead atoms. The molecule has 0 amide bonds. The van der Waals surface area contributed by atoms with Gasteiger partial charge in [-0.2, -0.15) is 0 Å². The van der Waals surface area contributed by atoms with E-state index in [1.54, 1.807) is 24.3 Å². The minimum absolute atomic E-state index is 0.223. The molecule has 1 atom stereocenters. The molecule has 10 heavy (non-hydrogen) atoms. The van der Waals surface area contributed by atoms with Gasteiger partial charge in [-0.25, -0.2) is 0 Å². The van der Waals surface area contributed by atoms with Crippen LogP contribution in [0.25, 0.3) is 0 Å². The molecule has 0 saturated carbocycles. The molecule has 1 unspecified atom stereocenters. The van der Waals surface area contributed by atoms with Gasteiger partial charge in [0.2, 0.25) is 0 Å². The van der Waals surface area contributed by atoms with E-state index in [1.807, 2.05) is 22.6 Å². The van der Waals surface area contributed by atoms with Crippen LogP contribution in [0, 0.1) is 0 Å². The van der Waals surface area contributed by atoms with E-state index in [0.29, 0.717) is 0 Å². The Labute approximate surface area is 72.6 Å². The Bertz CT molecular complexity index is 205. The number of aliphatic hydroxyl groups excluding tert-OH is 1. The van der Waals surface area contributed by atoms with Gasteiger partial charge in [0.25, 0.3) is 0 Å². The van der Waals surface area contributed by atoms with E-state index >= 15 is 0 Å². The fraction of sp³-hybridized carbons (Fsp3) is 0.143. The third-order valence-corrected chi connectivity index (χ3v) is 1.89. The average Bonchev–Trinajstić information content (AvgIpc) is 1.88. The maximum atomic E-state index is 9.02. The molecule has 1 aromatic carbocycles. The van der Waals surface area contributed by atoms with Crippen LogP contribution in [0.2, 0.25) is 0 Å². The van der Waals surface area contributed by atoms with Crippen LogP contribution < -0.4 is 0 Å². The van der Waals surface area contributed by atoms with Gasteiger partial charge < -0.3 is 10.2 Å². The van der Waals surface area contributed by atoms with Gasteiger partial charge in [-0.3, -0.25) is 0 Å². The zero-order valence-corrected chi connectivity index (χ0v) is 7.32. The summed E-state index contributed by atoms with van der Waals surface area (Å²) in [7, 11) is 0. The molecule has 0 radical (unpaired) electrons. The van der Waals surface area contributed by atoms with Crippen LogP contribution in [0.3, 0.4) is 0 Å². The lowest BCUT2D eigenvalue weighted by atomic mass is 10.2. The molecule has 3 heteroatoms. The molecule has 0 aromatic heterocycles. The highest BCUT2D eigenvalue weighted by Crippen LogP contribution is 2.21. The van der Waals surface area contributed by atoms with Crippen molar-refractivity contribution in [3.63, 3.8) is 0 Å². The summed E-state index contributed by atoms with van der Waals surface area (Å²) < 4.78 is -0.488. The summed E-state index contributed by atoms with van der Waals surface area (Å²) in [6.45, 7) is 0. The fourth-order valence-corrected chi connectivity index (χ4v) is 1.05. The Morgan fingerprint density at radius 3 is 2.10 bits per heavy atom. The first kappa shape index (κ1) is 7.81. The van der Waals surface area contributed by atoms with Gasteiger partial charge in [-0.05, 0) is 40.3 Å². The Morgan fingerprint density at radius 2 is 1.70 bits per heavy atom. The van der Waals surface area contributed by atoms with Crippen molar-refractivity contribution < 1.29 is 10.2 Å². The maximum Gasteiger partial charge on any atom is 0.130 e. The number of benzene rings is 1. The highest BCUT2D eigenvalue weighted by atomic mass is 127. The van der Waals surface area contributed by atoms with E-state index in [9.17, 15) is 0 Å². The lowest BCUT2D eigenvalue weighted by Gasteiger charge is -2.00. The third-order valence-electron chi connectivity index (χ3n) is 1.17. The molecule has 1 aromatic rings. The van der Waals surface area contributed by atoms with Crippen LogP contribution in [0.5, 0.6) is 5.75 Å². The predicted molar refractivity (Wildman–Crippen MR) is 47.1 cm³/mol. The summed E-state index contributed by atoms with van der Waals surface area (Å²) in [6, 6.07) is 6.48. The Morgan fingerprint density at radius 1 is 1.20 bits per heavy atom. The number of phenolic OH excluding ortho intramolecular Hbond substituents is 1. The quantitative estimate of drug-likeness (QED) is 0.589. The molecule has 1 rings (SSSR count). The number of rotatable bonds is 1. The predicted octanol–water partition coefficient (Wildman–Crippen LogP) is 1.82. The number of aromatic hydroxyl groups is 1. The fourth-order valence-electron chi connectivity index (χ4n) is 0.633. The number of alkyl halides is 1. The van der Waals surface area contributed by atoms with Gasteiger partial charge in [-0.1, -0.05) is 12.1 Å². The van der Waals surface area contributed by atoms with Crippen molar-refractivity contribution in [2.45, 2.75) is 4.11 Å². The standard InChI is InChI=1S/C7H7IO2/c8-7(10)5-1-3-6(9)4-2-5/h1-4,7,9-10H. The van der Waals surface area contributed by atoms with Crippen molar-refractivity contribution in [2.75, 3.05) is 0 Å². The van der Waals surface area contributed by atoms with E-state index in [2.05, 4.69) is 0 Å². The largest absolute Gasteiger partial charge is 0.508 e. The smallest absolute Gasteiger partial charge is 0.130 e. The summed E-state index contributed by atoms with van der Waals surface area (Å²) in [5, 5.41) is 17.9. The maximum absolute atomic E-state index is 9.02. The lowest BCUT2D eigenvalue weighted by molar-refractivity contribution is 0.286. The van der Waals surface area contributed by atoms with Crippen LogP contribution in [-0.4, -0.2) is 10.2 Å². The summed E-state index contributed by atoms with van der Waals surface area (Å²) >= 11 is 1.89. The molecule has 2 N–H and O–H groups in total. The van der Waals surface area contributed by atoms with E-state index in [0.717, 1.165) is 5.56 Å². The van der Waals surface area contributed by atoms with Crippen LogP contribution in [-0.2, 0) is 0 Å². The third kappa shape index (κ3) is 1.85. The van der Waals surface area contributed by atoms with Crippen LogP contribution in [0.4, 0.5) is 0 Å². The van der Waals surface area contributed by atoms with E-state index in [-0.39, 0.29) is 5.75 Å². The van der Waals surface area contributed by atoms with Gasteiger partial charge in [0.05, 0.1) is 0 Å². The SMILES string of the molecule is Oc1ccc(C(O)I)cc1. The van der Waals surface area contributed by atoms with Crippen molar-refractivity contribution in [1.82, 2.24) is 0 Å². The Hall–Kier alpha value is -0.290. The zero-order valence-electron chi connectivity index (χ0n) is 5.16. The number of phenols is 1. The summed E-state index contributed by atoms with van der Waals surface area (Å²) in [5.41, 5.74) is 0.804. The Balaban J connectivity index is 2.89. The van der Waals surface area contributed by atoms with Gasteiger partial charge in [0.1, 0.15) is 9.86 Å². The molecule has 2 nitrogen and oxygen atoms in total. The number of hydrogen-bond acceptors (Lipinski definition) is 2. The Kier molecular flexibility index (Phi) is 2.50. The average molecular weight is 250 g/mol. The molecule has 0 aliphatic rings. The van der Waals surface area contributed by atoms with E-state index in [1.165, 1.54) is 0 Å². The van der Waals surface area contributed by atoms with E-state index in [4.69, 9.17) is 10.2 Å². The second-order valence-electron chi connectivity index (χ2n) is 1.93. The highest BCUT2D eigenvalue weighted by Gasteiger charge is 1.99. The summed E-state index contributed by atoms with van der Waals surface area (Å²) in [6.07, 6.45) is 0. The van der Waals surface area contributed by atoms with Crippen molar-refractivity contribution in [3.8, 4) is 5.75 Å². The van der Waals surface area contributed by atoms with Crippen molar-refractivity contribution >= 4 is 22.6 Å². The van der Waals surface area contributed by atoms with Crippen molar-refractivity contribution in [2.24, 2.45) is 0 Å². The molecule has 0 aliphatic carbocycles. The minimum Gasteiger partial charge on any atom is -0.508 e. The normalized spacial score (nSPS) is 13.0. The monoisotopic (exact) mass is 250 g/mol. The van der Waals surface area contributed by atoms with Crippen molar-refractivity contribution in [1.29, 1.82) is 0 Å². The second-order valence-corrected chi connectivity index (χ2v) is 3.11. The first-order valence-corrected chi connectivity index (χ1v) is 4.06. The number of halogens is 1. The number of hydrogen-bond donors (Lipinski definition) is 2. The van der Waals surface area contributed by atoms with E-state index < -0.39 is 4.11 Å². The topological polar surface area (TPSA) is 40.5 Å². The molecule has 0 saturated heterocycles. The molecule has 0 heterocycles. The lowest BCUT2D eigenvalue weighted by Crippen LogP contribution is -1.84. The molecule has 0 fully saturated rings. The zero-order chi connectivity index (χ0) is 7.56. The second kappa shape index (κ2) is 3.21. The molecule has 54 valence electrons.